The van der Waals surface area contributed by atoms with Gasteiger partial charge >= 0.3 is 0 Å². The van der Waals surface area contributed by atoms with Crippen LogP contribution in [0.5, 0.6) is 0 Å². The van der Waals surface area contributed by atoms with Crippen molar-refractivity contribution in [3.63, 3.8) is 0 Å². The van der Waals surface area contributed by atoms with E-state index in [9.17, 15) is 0 Å². The SMILES string of the molecule is Cc1cn(-c2nccn3c(C)nnc23)nc1N. The smallest absolute Gasteiger partial charge is 0.206 e. The summed E-state index contributed by atoms with van der Waals surface area (Å²) in [7, 11) is 0. The number of fused-ring (bicyclic) bond motifs is 1. The van der Waals surface area contributed by atoms with Crippen LogP contribution in [0.2, 0.25) is 0 Å². The topological polar surface area (TPSA) is 86.9 Å². The lowest BCUT2D eigenvalue weighted by molar-refractivity contribution is 0.843. The number of hydrogen-bond acceptors (Lipinski definition) is 5. The van der Waals surface area contributed by atoms with Crippen LogP contribution in [0, 0.1) is 13.8 Å². The predicted octanol–water partition coefficient (Wildman–Crippen LogP) is 0.509. The average molecular weight is 229 g/mol. The number of rotatable bonds is 1. The number of hydrogen-bond donors (Lipinski definition) is 1. The Morgan fingerprint density at radius 1 is 1.24 bits per heavy atom. The van der Waals surface area contributed by atoms with Crippen molar-refractivity contribution in [2.45, 2.75) is 13.8 Å². The highest BCUT2D eigenvalue weighted by Crippen LogP contribution is 2.14. The zero-order valence-corrected chi connectivity index (χ0v) is 9.49. The summed E-state index contributed by atoms with van der Waals surface area (Å²) < 4.78 is 3.48. The van der Waals surface area contributed by atoms with E-state index in [1.807, 2.05) is 30.6 Å². The molecule has 3 heterocycles. The third-order valence-electron chi connectivity index (χ3n) is 2.63. The van der Waals surface area contributed by atoms with Gasteiger partial charge in [-0.3, -0.25) is 4.40 Å². The van der Waals surface area contributed by atoms with Crippen LogP contribution in [0.1, 0.15) is 11.4 Å². The van der Waals surface area contributed by atoms with E-state index in [-0.39, 0.29) is 0 Å². The van der Waals surface area contributed by atoms with Crippen molar-refractivity contribution in [3.8, 4) is 5.82 Å². The van der Waals surface area contributed by atoms with Crippen molar-refractivity contribution >= 4 is 11.5 Å². The number of nitrogens with two attached hydrogens (primary N) is 1. The van der Waals surface area contributed by atoms with Gasteiger partial charge in [-0.15, -0.1) is 15.3 Å². The Kier molecular flexibility index (Phi) is 1.88. The highest BCUT2D eigenvalue weighted by atomic mass is 15.4. The molecule has 3 aromatic heterocycles. The minimum atomic E-state index is 0.491. The molecule has 0 bridgehead atoms. The molecule has 0 unspecified atom stereocenters. The number of nitrogen functional groups attached to an aromatic ring is 1. The molecule has 0 saturated carbocycles. The van der Waals surface area contributed by atoms with Crippen LogP contribution in [0.3, 0.4) is 0 Å². The molecule has 0 aromatic carbocycles. The molecule has 0 aliphatic carbocycles. The molecule has 86 valence electrons. The van der Waals surface area contributed by atoms with Crippen LogP contribution in [-0.4, -0.2) is 29.4 Å². The fourth-order valence-corrected chi connectivity index (χ4v) is 1.67. The zero-order valence-electron chi connectivity index (χ0n) is 9.49. The standard InChI is InChI=1S/C10H11N7/c1-6-5-17(15-8(6)11)9-10-14-13-7(2)16(10)4-3-12-9/h3-5H,1-2H3,(H2,11,15). The molecule has 0 aliphatic heterocycles. The lowest BCUT2D eigenvalue weighted by Gasteiger charge is -2.01. The van der Waals surface area contributed by atoms with Crippen LogP contribution in [0.4, 0.5) is 5.82 Å². The number of aryl methyl sites for hydroxylation is 2. The Bertz CT molecular complexity index is 674. The molecule has 0 saturated heterocycles. The van der Waals surface area contributed by atoms with Crippen molar-refractivity contribution in [1.29, 1.82) is 0 Å². The molecule has 3 rings (SSSR count). The Labute approximate surface area is 96.9 Å². The molecular formula is C10H11N7. The van der Waals surface area contributed by atoms with Gasteiger partial charge in [-0.05, 0) is 13.8 Å². The quantitative estimate of drug-likeness (QED) is 0.657. The Morgan fingerprint density at radius 2 is 2.06 bits per heavy atom. The van der Waals surface area contributed by atoms with Gasteiger partial charge in [-0.25, -0.2) is 9.67 Å². The molecule has 3 aromatic rings. The van der Waals surface area contributed by atoms with Crippen LogP contribution in [-0.2, 0) is 0 Å². The van der Waals surface area contributed by atoms with Crippen molar-refractivity contribution < 1.29 is 0 Å². The normalized spacial score (nSPS) is 11.2. The number of anilines is 1. The first kappa shape index (κ1) is 9.76. The lowest BCUT2D eigenvalue weighted by atomic mass is 10.4. The average Bonchev–Trinajstić information content (AvgIpc) is 2.84. The van der Waals surface area contributed by atoms with Gasteiger partial charge in [0.2, 0.25) is 5.65 Å². The summed E-state index contributed by atoms with van der Waals surface area (Å²) in [4.78, 5) is 4.27. The summed E-state index contributed by atoms with van der Waals surface area (Å²) in [5, 5.41) is 12.3. The van der Waals surface area contributed by atoms with Gasteiger partial charge in [0.15, 0.2) is 5.82 Å². The van der Waals surface area contributed by atoms with Gasteiger partial charge < -0.3 is 5.73 Å². The summed E-state index contributed by atoms with van der Waals surface area (Å²) >= 11 is 0. The van der Waals surface area contributed by atoms with Crippen LogP contribution < -0.4 is 5.73 Å². The summed E-state index contributed by atoms with van der Waals surface area (Å²) in [6.07, 6.45) is 5.32. The van der Waals surface area contributed by atoms with Crippen molar-refractivity contribution in [1.82, 2.24) is 29.4 Å². The maximum absolute atomic E-state index is 5.72. The Morgan fingerprint density at radius 3 is 2.76 bits per heavy atom. The number of nitrogens with zero attached hydrogens (tertiary/aromatic N) is 6. The molecule has 0 fully saturated rings. The molecule has 2 N–H and O–H groups in total. The fourth-order valence-electron chi connectivity index (χ4n) is 1.67. The van der Waals surface area contributed by atoms with Gasteiger partial charge in [0, 0.05) is 24.2 Å². The van der Waals surface area contributed by atoms with E-state index < -0.39 is 0 Å². The highest BCUT2D eigenvalue weighted by molar-refractivity contribution is 5.54. The maximum atomic E-state index is 5.72. The van der Waals surface area contributed by atoms with Crippen LogP contribution in [0.15, 0.2) is 18.6 Å². The van der Waals surface area contributed by atoms with E-state index >= 15 is 0 Å². The van der Waals surface area contributed by atoms with Crippen molar-refractivity contribution in [2.24, 2.45) is 0 Å². The van der Waals surface area contributed by atoms with Gasteiger partial charge in [0.05, 0.1) is 0 Å². The van der Waals surface area contributed by atoms with E-state index in [0.717, 1.165) is 11.4 Å². The molecule has 0 spiro atoms. The number of aromatic nitrogens is 6. The highest BCUT2D eigenvalue weighted by Gasteiger charge is 2.11. The second-order valence-electron chi connectivity index (χ2n) is 3.83. The molecule has 17 heavy (non-hydrogen) atoms. The molecule has 7 nitrogen and oxygen atoms in total. The molecule has 7 heteroatoms. The van der Waals surface area contributed by atoms with E-state index in [1.165, 1.54) is 0 Å². The lowest BCUT2D eigenvalue weighted by Crippen LogP contribution is -2.03. The van der Waals surface area contributed by atoms with Gasteiger partial charge in [0.1, 0.15) is 11.6 Å². The second-order valence-corrected chi connectivity index (χ2v) is 3.83. The van der Waals surface area contributed by atoms with E-state index in [4.69, 9.17) is 5.73 Å². The molecule has 0 aliphatic rings. The molecule has 0 radical (unpaired) electrons. The van der Waals surface area contributed by atoms with E-state index in [2.05, 4.69) is 20.3 Å². The third kappa shape index (κ3) is 1.36. The first-order chi connectivity index (χ1) is 8.16. The second kappa shape index (κ2) is 3.27. The summed E-state index contributed by atoms with van der Waals surface area (Å²) in [6, 6.07) is 0. The van der Waals surface area contributed by atoms with Crippen LogP contribution >= 0.6 is 0 Å². The van der Waals surface area contributed by atoms with Crippen molar-refractivity contribution in [2.75, 3.05) is 5.73 Å². The molecular weight excluding hydrogens is 218 g/mol. The zero-order chi connectivity index (χ0) is 12.0. The summed E-state index contributed by atoms with van der Waals surface area (Å²) in [5.74, 6) is 1.92. The van der Waals surface area contributed by atoms with E-state index in [1.54, 1.807) is 10.9 Å². The first-order valence-electron chi connectivity index (χ1n) is 5.15. The largest absolute Gasteiger partial charge is 0.382 e. The van der Waals surface area contributed by atoms with Gasteiger partial charge in [0.25, 0.3) is 0 Å². The maximum Gasteiger partial charge on any atom is 0.206 e. The predicted molar refractivity (Wildman–Crippen MR) is 61.8 cm³/mol. The van der Waals surface area contributed by atoms with Crippen LogP contribution in [0.25, 0.3) is 11.5 Å². The minimum Gasteiger partial charge on any atom is -0.382 e. The van der Waals surface area contributed by atoms with E-state index in [0.29, 0.717) is 17.3 Å². The first-order valence-corrected chi connectivity index (χ1v) is 5.15. The molecule has 0 amide bonds. The Balaban J connectivity index is 2.30. The summed E-state index contributed by atoms with van der Waals surface area (Å²) in [6.45, 7) is 3.78. The van der Waals surface area contributed by atoms with Gasteiger partial charge in [-0.2, -0.15) is 0 Å². The minimum absolute atomic E-state index is 0.491. The molecule has 0 atom stereocenters. The van der Waals surface area contributed by atoms with Crippen molar-refractivity contribution in [3.05, 3.63) is 30.0 Å². The third-order valence-corrected chi connectivity index (χ3v) is 2.63. The monoisotopic (exact) mass is 229 g/mol. The Hall–Kier alpha value is -2.44. The fraction of sp³-hybridized carbons (Fsp3) is 0.200. The van der Waals surface area contributed by atoms with Gasteiger partial charge in [-0.1, -0.05) is 0 Å². The summed E-state index contributed by atoms with van der Waals surface area (Å²) in [5.41, 5.74) is 7.29.